The average Bonchev–Trinajstić information content (AvgIpc) is 2.37. The van der Waals surface area contributed by atoms with E-state index in [0.29, 0.717) is 25.8 Å². The Balaban J connectivity index is 2.77. The van der Waals surface area contributed by atoms with Crippen LogP contribution in [0.1, 0.15) is 26.3 Å². The molecule has 1 aromatic carbocycles. The minimum absolute atomic E-state index is 0.158. The lowest BCUT2D eigenvalue weighted by molar-refractivity contribution is 0.154. The number of halogens is 1. The molecule has 108 valence electrons. The summed E-state index contributed by atoms with van der Waals surface area (Å²) in [5.41, 5.74) is 1.64. The molecule has 3 nitrogen and oxygen atoms in total. The van der Waals surface area contributed by atoms with Crippen molar-refractivity contribution in [2.45, 2.75) is 33.4 Å². The maximum atomic E-state index is 14.0. The highest BCUT2D eigenvalue weighted by atomic mass is 19.1. The molecule has 1 rings (SSSR count). The topological polar surface area (TPSA) is 24.5 Å². The zero-order chi connectivity index (χ0) is 14.3. The first-order valence-corrected chi connectivity index (χ1v) is 6.85. The Morgan fingerprint density at radius 1 is 1.37 bits per heavy atom. The lowest BCUT2D eigenvalue weighted by Crippen LogP contribution is -2.27. The predicted molar refractivity (Wildman–Crippen MR) is 78.1 cm³/mol. The van der Waals surface area contributed by atoms with Gasteiger partial charge in [-0.3, -0.25) is 0 Å². The van der Waals surface area contributed by atoms with Gasteiger partial charge < -0.3 is 15.0 Å². The molecule has 0 aromatic heterocycles. The Morgan fingerprint density at radius 3 is 2.74 bits per heavy atom. The van der Waals surface area contributed by atoms with Crippen molar-refractivity contribution in [3.05, 3.63) is 29.6 Å². The molecular formula is C15H25FN2O. The molecule has 0 radical (unpaired) electrons. The number of hydrogen-bond acceptors (Lipinski definition) is 3. The zero-order valence-corrected chi connectivity index (χ0v) is 12.4. The van der Waals surface area contributed by atoms with E-state index in [1.54, 1.807) is 6.07 Å². The Kier molecular flexibility index (Phi) is 6.81. The highest BCUT2D eigenvalue weighted by Gasteiger charge is 2.12. The number of likely N-dealkylation sites (N-methyl/N-ethyl adjacent to an activating group) is 1. The fourth-order valence-corrected chi connectivity index (χ4v) is 1.85. The molecule has 0 spiro atoms. The first kappa shape index (κ1) is 15.9. The van der Waals surface area contributed by atoms with Crippen LogP contribution in [0.15, 0.2) is 18.2 Å². The van der Waals surface area contributed by atoms with Crippen molar-refractivity contribution in [1.82, 2.24) is 5.32 Å². The summed E-state index contributed by atoms with van der Waals surface area (Å²) in [6.07, 6.45) is 0. The second-order valence-corrected chi connectivity index (χ2v) is 4.89. The van der Waals surface area contributed by atoms with Gasteiger partial charge in [0.25, 0.3) is 0 Å². The van der Waals surface area contributed by atoms with E-state index in [9.17, 15) is 4.39 Å². The summed E-state index contributed by atoms with van der Waals surface area (Å²) in [5.74, 6) is -0.158. The summed E-state index contributed by atoms with van der Waals surface area (Å²) in [4.78, 5) is 2.04. The van der Waals surface area contributed by atoms with E-state index in [2.05, 4.69) is 19.2 Å². The van der Waals surface area contributed by atoms with Gasteiger partial charge in [-0.15, -0.1) is 0 Å². The van der Waals surface area contributed by atoms with Crippen LogP contribution in [0.2, 0.25) is 0 Å². The van der Waals surface area contributed by atoms with Gasteiger partial charge in [0.15, 0.2) is 0 Å². The van der Waals surface area contributed by atoms with Crippen LogP contribution >= 0.6 is 0 Å². The number of rotatable bonds is 8. The van der Waals surface area contributed by atoms with Gasteiger partial charge in [-0.25, -0.2) is 4.39 Å². The molecule has 1 aromatic rings. The molecule has 0 unspecified atom stereocenters. The lowest BCUT2D eigenvalue weighted by atomic mass is 10.1. The lowest BCUT2D eigenvalue weighted by Gasteiger charge is -2.23. The largest absolute Gasteiger partial charge is 0.380 e. The second kappa shape index (κ2) is 8.12. The SMILES string of the molecule is CCOCCN(C)c1cccc(F)c1CNC(C)C. The number of anilines is 1. The van der Waals surface area contributed by atoms with E-state index in [1.165, 1.54) is 6.07 Å². The first-order chi connectivity index (χ1) is 9.06. The molecular weight excluding hydrogens is 243 g/mol. The number of hydrogen-bond donors (Lipinski definition) is 1. The molecule has 19 heavy (non-hydrogen) atoms. The molecule has 0 saturated heterocycles. The van der Waals surface area contributed by atoms with Crippen LogP contribution < -0.4 is 10.2 Å². The van der Waals surface area contributed by atoms with Gasteiger partial charge >= 0.3 is 0 Å². The van der Waals surface area contributed by atoms with Crippen LogP contribution in [-0.2, 0) is 11.3 Å². The molecule has 0 aliphatic heterocycles. The predicted octanol–water partition coefficient (Wildman–Crippen LogP) is 2.80. The van der Waals surface area contributed by atoms with Gasteiger partial charge in [-0.2, -0.15) is 0 Å². The molecule has 0 aliphatic carbocycles. The molecule has 0 amide bonds. The maximum Gasteiger partial charge on any atom is 0.129 e. The van der Waals surface area contributed by atoms with E-state index in [-0.39, 0.29) is 5.82 Å². The van der Waals surface area contributed by atoms with Gasteiger partial charge in [-0.05, 0) is 19.1 Å². The van der Waals surface area contributed by atoms with Crippen molar-refractivity contribution in [3.63, 3.8) is 0 Å². The van der Waals surface area contributed by atoms with Gasteiger partial charge in [0, 0.05) is 44.0 Å². The smallest absolute Gasteiger partial charge is 0.129 e. The van der Waals surface area contributed by atoms with Crippen LogP contribution in [0.5, 0.6) is 0 Å². The van der Waals surface area contributed by atoms with Crippen molar-refractivity contribution in [2.24, 2.45) is 0 Å². The summed E-state index contributed by atoms with van der Waals surface area (Å²) in [7, 11) is 1.96. The highest BCUT2D eigenvalue weighted by Crippen LogP contribution is 2.22. The van der Waals surface area contributed by atoms with E-state index < -0.39 is 0 Å². The average molecular weight is 268 g/mol. The molecule has 0 aliphatic rings. The Bertz CT molecular complexity index is 382. The fraction of sp³-hybridized carbons (Fsp3) is 0.600. The molecule has 4 heteroatoms. The van der Waals surface area contributed by atoms with Crippen LogP contribution in [-0.4, -0.2) is 32.8 Å². The fourth-order valence-electron chi connectivity index (χ4n) is 1.85. The standard InChI is InChI=1S/C15H25FN2O/c1-5-19-10-9-18(4)15-8-6-7-14(16)13(15)11-17-12(2)3/h6-8,12,17H,5,9-11H2,1-4H3. The Morgan fingerprint density at radius 2 is 2.11 bits per heavy atom. The van der Waals surface area contributed by atoms with Crippen molar-refractivity contribution in [3.8, 4) is 0 Å². The molecule has 0 saturated carbocycles. The second-order valence-electron chi connectivity index (χ2n) is 4.89. The van der Waals surface area contributed by atoms with Crippen molar-refractivity contribution >= 4 is 5.69 Å². The van der Waals surface area contributed by atoms with Crippen LogP contribution in [0.25, 0.3) is 0 Å². The third-order valence-electron chi connectivity index (χ3n) is 2.97. The first-order valence-electron chi connectivity index (χ1n) is 6.85. The summed E-state index contributed by atoms with van der Waals surface area (Å²) in [6.45, 7) is 8.74. The van der Waals surface area contributed by atoms with Gasteiger partial charge in [-0.1, -0.05) is 19.9 Å². The highest BCUT2D eigenvalue weighted by molar-refractivity contribution is 5.53. The zero-order valence-electron chi connectivity index (χ0n) is 12.4. The quantitative estimate of drug-likeness (QED) is 0.734. The normalized spacial score (nSPS) is 11.1. The summed E-state index contributed by atoms with van der Waals surface area (Å²) in [6, 6.07) is 5.55. The number of nitrogens with zero attached hydrogens (tertiary/aromatic N) is 1. The van der Waals surface area contributed by atoms with Gasteiger partial charge in [0.2, 0.25) is 0 Å². The molecule has 0 fully saturated rings. The Hall–Kier alpha value is -1.13. The van der Waals surface area contributed by atoms with E-state index in [1.807, 2.05) is 24.9 Å². The number of nitrogens with one attached hydrogen (secondary N) is 1. The third kappa shape index (κ3) is 5.17. The van der Waals surface area contributed by atoms with Crippen LogP contribution in [0.4, 0.5) is 10.1 Å². The van der Waals surface area contributed by atoms with Crippen molar-refractivity contribution in [2.75, 3.05) is 31.7 Å². The summed E-state index contributed by atoms with van der Waals surface area (Å²) >= 11 is 0. The molecule has 0 heterocycles. The van der Waals surface area contributed by atoms with Gasteiger partial charge in [0.1, 0.15) is 5.82 Å². The van der Waals surface area contributed by atoms with E-state index >= 15 is 0 Å². The van der Waals surface area contributed by atoms with Crippen molar-refractivity contribution < 1.29 is 9.13 Å². The number of ether oxygens (including phenoxy) is 1. The minimum Gasteiger partial charge on any atom is -0.380 e. The van der Waals surface area contributed by atoms with Gasteiger partial charge in [0.05, 0.1) is 6.61 Å². The monoisotopic (exact) mass is 268 g/mol. The van der Waals surface area contributed by atoms with Crippen molar-refractivity contribution in [1.29, 1.82) is 0 Å². The summed E-state index contributed by atoms with van der Waals surface area (Å²) < 4.78 is 19.3. The Labute approximate surface area is 115 Å². The maximum absolute atomic E-state index is 14.0. The van der Waals surface area contributed by atoms with Crippen LogP contribution in [0, 0.1) is 5.82 Å². The molecule has 1 N–H and O–H groups in total. The molecule has 0 bridgehead atoms. The van der Waals surface area contributed by atoms with E-state index in [4.69, 9.17) is 4.74 Å². The van der Waals surface area contributed by atoms with Crippen LogP contribution in [0.3, 0.4) is 0 Å². The molecule has 0 atom stereocenters. The summed E-state index contributed by atoms with van der Waals surface area (Å²) in [5, 5.41) is 3.27. The number of benzene rings is 1. The van der Waals surface area contributed by atoms with E-state index in [0.717, 1.165) is 17.8 Å². The third-order valence-corrected chi connectivity index (χ3v) is 2.97. The minimum atomic E-state index is -0.158.